The molecule has 0 aromatic heterocycles. The van der Waals surface area contributed by atoms with Crippen LogP contribution in [0.3, 0.4) is 0 Å². The van der Waals surface area contributed by atoms with E-state index in [4.69, 9.17) is 23.2 Å². The van der Waals surface area contributed by atoms with E-state index in [-0.39, 0.29) is 5.41 Å². The summed E-state index contributed by atoms with van der Waals surface area (Å²) >= 11 is 12.3. The van der Waals surface area contributed by atoms with Gasteiger partial charge < -0.3 is 5.32 Å². The first kappa shape index (κ1) is 17.1. The summed E-state index contributed by atoms with van der Waals surface area (Å²) in [7, 11) is 0. The summed E-state index contributed by atoms with van der Waals surface area (Å²) in [6, 6.07) is 6.67. The zero-order chi connectivity index (χ0) is 15.7. The molecule has 0 amide bonds. The Labute approximate surface area is 139 Å². The van der Waals surface area contributed by atoms with Crippen LogP contribution < -0.4 is 5.32 Å². The van der Waals surface area contributed by atoms with E-state index in [0.717, 1.165) is 6.54 Å². The normalized spacial score (nSPS) is 19.6. The molecule has 0 bridgehead atoms. The minimum Gasteiger partial charge on any atom is -0.314 e. The van der Waals surface area contributed by atoms with Crippen LogP contribution in [0.1, 0.15) is 58.9 Å². The van der Waals surface area contributed by atoms with E-state index >= 15 is 0 Å². The van der Waals surface area contributed by atoms with E-state index in [9.17, 15) is 0 Å². The Morgan fingerprint density at radius 1 is 1.10 bits per heavy atom. The molecule has 1 N–H and O–H groups in total. The maximum absolute atomic E-state index is 6.25. The van der Waals surface area contributed by atoms with E-state index in [0.29, 0.717) is 21.5 Å². The molecule has 1 aromatic rings. The monoisotopic (exact) mass is 327 g/mol. The van der Waals surface area contributed by atoms with Gasteiger partial charge in [0.25, 0.3) is 0 Å². The van der Waals surface area contributed by atoms with Gasteiger partial charge in [0.1, 0.15) is 0 Å². The lowest BCUT2D eigenvalue weighted by molar-refractivity contribution is 0.0118. The Balaban J connectivity index is 2.27. The highest BCUT2D eigenvalue weighted by atomic mass is 35.5. The van der Waals surface area contributed by atoms with E-state index < -0.39 is 0 Å². The van der Waals surface area contributed by atoms with Crippen LogP contribution in [0.2, 0.25) is 10.0 Å². The molecule has 0 heterocycles. The number of hydrogen-bond acceptors (Lipinski definition) is 1. The first-order chi connectivity index (χ1) is 9.86. The van der Waals surface area contributed by atoms with Crippen molar-refractivity contribution in [2.75, 3.05) is 6.54 Å². The molecule has 0 radical (unpaired) electrons. The Morgan fingerprint density at radius 2 is 1.71 bits per heavy atom. The molecule has 1 aliphatic rings. The van der Waals surface area contributed by atoms with Crippen molar-refractivity contribution in [2.24, 2.45) is 5.41 Å². The van der Waals surface area contributed by atoms with E-state index in [1.54, 1.807) is 0 Å². The number of halogens is 2. The van der Waals surface area contributed by atoms with Crippen molar-refractivity contribution in [3.63, 3.8) is 0 Å². The minimum absolute atomic E-state index is 0.213. The fraction of sp³-hybridized carbons (Fsp3) is 0.667. The molecule has 1 aromatic carbocycles. The summed E-state index contributed by atoms with van der Waals surface area (Å²) in [6.07, 6.45) is 5.00. The van der Waals surface area contributed by atoms with Gasteiger partial charge in [-0.1, -0.05) is 69.8 Å². The van der Waals surface area contributed by atoms with Gasteiger partial charge in [0.05, 0.1) is 10.0 Å². The van der Waals surface area contributed by atoms with Crippen LogP contribution in [0.15, 0.2) is 18.2 Å². The first-order valence-electron chi connectivity index (χ1n) is 8.05. The standard InChI is InChI=1S/C18H27Cl2N/c1-5-17(6-2)10-18(11-17,12-21-13(3)4)14-7-8-15(19)16(20)9-14/h7-9,13,21H,5-6,10-12H2,1-4H3. The molecule has 0 saturated heterocycles. The van der Waals surface area contributed by atoms with E-state index in [1.165, 1.54) is 31.2 Å². The summed E-state index contributed by atoms with van der Waals surface area (Å²) in [6.45, 7) is 10.1. The third-order valence-corrected chi connectivity index (χ3v) is 6.05. The zero-order valence-electron chi connectivity index (χ0n) is 13.6. The molecule has 0 unspecified atom stereocenters. The predicted octanol–water partition coefficient (Wildman–Crippen LogP) is 5.83. The zero-order valence-corrected chi connectivity index (χ0v) is 15.1. The van der Waals surface area contributed by atoms with Gasteiger partial charge in [0, 0.05) is 18.0 Å². The lowest BCUT2D eigenvalue weighted by Crippen LogP contribution is -2.55. The highest BCUT2D eigenvalue weighted by molar-refractivity contribution is 6.42. The smallest absolute Gasteiger partial charge is 0.0595 e. The highest BCUT2D eigenvalue weighted by Gasteiger charge is 2.52. The van der Waals surface area contributed by atoms with Crippen LogP contribution in [0.4, 0.5) is 0 Å². The largest absolute Gasteiger partial charge is 0.314 e. The number of rotatable bonds is 6. The van der Waals surface area contributed by atoms with Crippen LogP contribution in [0.5, 0.6) is 0 Å². The molecule has 2 rings (SSSR count). The third-order valence-electron chi connectivity index (χ3n) is 5.31. The Bertz CT molecular complexity index is 484. The summed E-state index contributed by atoms with van der Waals surface area (Å²) in [5.74, 6) is 0. The molecule has 0 atom stereocenters. The quantitative estimate of drug-likeness (QED) is 0.693. The summed E-state index contributed by atoms with van der Waals surface area (Å²) in [5, 5.41) is 4.94. The van der Waals surface area contributed by atoms with Gasteiger partial charge in [0.15, 0.2) is 0 Å². The van der Waals surface area contributed by atoms with Gasteiger partial charge in [-0.05, 0) is 36.0 Å². The molecule has 1 nitrogen and oxygen atoms in total. The van der Waals surface area contributed by atoms with Crippen molar-refractivity contribution in [1.82, 2.24) is 5.32 Å². The number of benzene rings is 1. The van der Waals surface area contributed by atoms with E-state index in [1.807, 2.05) is 6.07 Å². The molecule has 1 fully saturated rings. The molecule has 0 spiro atoms. The van der Waals surface area contributed by atoms with Gasteiger partial charge in [-0.3, -0.25) is 0 Å². The van der Waals surface area contributed by atoms with Gasteiger partial charge in [-0.2, -0.15) is 0 Å². The Hall–Kier alpha value is -0.240. The molecule has 3 heteroatoms. The van der Waals surface area contributed by atoms with Crippen molar-refractivity contribution in [2.45, 2.75) is 64.8 Å². The molecule has 0 aliphatic heterocycles. The number of hydrogen-bond donors (Lipinski definition) is 1. The summed E-state index contributed by atoms with van der Waals surface area (Å²) in [4.78, 5) is 0. The fourth-order valence-electron chi connectivity index (χ4n) is 3.79. The average Bonchev–Trinajstić information content (AvgIpc) is 2.42. The fourth-order valence-corrected chi connectivity index (χ4v) is 4.09. The lowest BCUT2D eigenvalue weighted by Gasteiger charge is -2.57. The molecule has 1 saturated carbocycles. The second-order valence-electron chi connectivity index (χ2n) is 7.01. The molecule has 1 aliphatic carbocycles. The van der Waals surface area contributed by atoms with Gasteiger partial charge in [0.2, 0.25) is 0 Å². The van der Waals surface area contributed by atoms with E-state index in [2.05, 4.69) is 45.1 Å². The average molecular weight is 328 g/mol. The second-order valence-corrected chi connectivity index (χ2v) is 7.82. The lowest BCUT2D eigenvalue weighted by atomic mass is 9.48. The van der Waals surface area contributed by atoms with Crippen molar-refractivity contribution < 1.29 is 0 Å². The summed E-state index contributed by atoms with van der Waals surface area (Å²) < 4.78 is 0. The first-order valence-corrected chi connectivity index (χ1v) is 8.81. The van der Waals surface area contributed by atoms with Crippen molar-refractivity contribution in [3.8, 4) is 0 Å². The maximum Gasteiger partial charge on any atom is 0.0595 e. The van der Waals surface area contributed by atoms with Crippen LogP contribution in [-0.4, -0.2) is 12.6 Å². The second kappa shape index (κ2) is 6.48. The van der Waals surface area contributed by atoms with Crippen LogP contribution >= 0.6 is 23.2 Å². The Kier molecular flexibility index (Phi) is 5.28. The number of nitrogens with one attached hydrogen (secondary N) is 1. The topological polar surface area (TPSA) is 12.0 Å². The minimum atomic E-state index is 0.213. The van der Waals surface area contributed by atoms with Gasteiger partial charge in [-0.25, -0.2) is 0 Å². The molecular formula is C18H27Cl2N. The SMILES string of the molecule is CCC1(CC)CC(CNC(C)C)(c2ccc(Cl)c(Cl)c2)C1. The highest BCUT2D eigenvalue weighted by Crippen LogP contribution is 2.59. The van der Waals surface area contributed by atoms with Crippen LogP contribution in [0.25, 0.3) is 0 Å². The Morgan fingerprint density at radius 3 is 2.19 bits per heavy atom. The van der Waals surface area contributed by atoms with Gasteiger partial charge in [-0.15, -0.1) is 0 Å². The van der Waals surface area contributed by atoms with Crippen LogP contribution in [-0.2, 0) is 5.41 Å². The molecule has 21 heavy (non-hydrogen) atoms. The third kappa shape index (κ3) is 3.41. The summed E-state index contributed by atoms with van der Waals surface area (Å²) in [5.41, 5.74) is 2.05. The predicted molar refractivity (Wildman–Crippen MR) is 93.5 cm³/mol. The van der Waals surface area contributed by atoms with Crippen molar-refractivity contribution >= 4 is 23.2 Å². The molecular weight excluding hydrogens is 301 g/mol. The molecule has 118 valence electrons. The van der Waals surface area contributed by atoms with Crippen molar-refractivity contribution in [1.29, 1.82) is 0 Å². The maximum atomic E-state index is 6.25. The van der Waals surface area contributed by atoms with Crippen LogP contribution in [0, 0.1) is 5.41 Å². The van der Waals surface area contributed by atoms with Gasteiger partial charge >= 0.3 is 0 Å². The van der Waals surface area contributed by atoms with Crippen molar-refractivity contribution in [3.05, 3.63) is 33.8 Å².